The van der Waals surface area contributed by atoms with Crippen molar-refractivity contribution in [2.24, 2.45) is 0 Å². The van der Waals surface area contributed by atoms with Crippen LogP contribution in [0, 0.1) is 0 Å². The van der Waals surface area contributed by atoms with Gasteiger partial charge < -0.3 is 19.9 Å². The first-order valence-electron chi connectivity index (χ1n) is 8.58. The first-order valence-corrected chi connectivity index (χ1v) is 8.58. The van der Waals surface area contributed by atoms with Crippen molar-refractivity contribution in [2.75, 3.05) is 38.7 Å². The van der Waals surface area contributed by atoms with E-state index in [0.717, 1.165) is 17.8 Å². The molecule has 0 atom stereocenters. The molecule has 1 aliphatic rings. The van der Waals surface area contributed by atoms with Gasteiger partial charge in [-0.1, -0.05) is 24.3 Å². The first kappa shape index (κ1) is 17.9. The number of rotatable bonds is 6. The number of nitrogens with zero attached hydrogens (tertiary/aromatic N) is 2. The lowest BCUT2D eigenvalue weighted by molar-refractivity contribution is -0.121. The molecule has 2 aromatic carbocycles. The second kappa shape index (κ2) is 8.01. The molecule has 0 spiro atoms. The molecule has 1 N–H and O–H groups in total. The third kappa shape index (κ3) is 4.21. The first-order chi connectivity index (χ1) is 12.5. The van der Waals surface area contributed by atoms with Crippen molar-refractivity contribution in [3.05, 3.63) is 59.7 Å². The van der Waals surface area contributed by atoms with Crippen molar-refractivity contribution >= 4 is 17.5 Å². The van der Waals surface area contributed by atoms with Gasteiger partial charge in [0.25, 0.3) is 11.8 Å². The van der Waals surface area contributed by atoms with E-state index in [1.165, 1.54) is 0 Å². The van der Waals surface area contributed by atoms with Crippen molar-refractivity contribution in [3.8, 4) is 5.75 Å². The number of hydrogen-bond donors (Lipinski definition) is 1. The minimum absolute atomic E-state index is 0.0450. The molecule has 0 aliphatic carbocycles. The molecule has 1 heterocycles. The van der Waals surface area contributed by atoms with Crippen molar-refractivity contribution in [1.82, 2.24) is 10.2 Å². The van der Waals surface area contributed by atoms with Crippen LogP contribution in [-0.4, -0.2) is 50.5 Å². The molecule has 0 aromatic heterocycles. The molecule has 2 amide bonds. The second-order valence-corrected chi connectivity index (χ2v) is 6.49. The Morgan fingerprint density at radius 3 is 2.62 bits per heavy atom. The van der Waals surface area contributed by atoms with Gasteiger partial charge in [-0.05, 0) is 43.9 Å². The van der Waals surface area contributed by atoms with E-state index in [9.17, 15) is 9.59 Å². The average molecular weight is 353 g/mol. The van der Waals surface area contributed by atoms with Gasteiger partial charge in [0.05, 0.1) is 12.2 Å². The van der Waals surface area contributed by atoms with Gasteiger partial charge in [0.2, 0.25) is 0 Å². The summed E-state index contributed by atoms with van der Waals surface area (Å²) in [6.45, 7) is 1.89. The summed E-state index contributed by atoms with van der Waals surface area (Å²) < 4.78 is 5.46. The van der Waals surface area contributed by atoms with E-state index in [0.29, 0.717) is 24.4 Å². The third-order valence-electron chi connectivity index (χ3n) is 4.21. The van der Waals surface area contributed by atoms with Gasteiger partial charge in [-0.15, -0.1) is 0 Å². The zero-order valence-electron chi connectivity index (χ0n) is 15.1. The molecular weight excluding hydrogens is 330 g/mol. The Hall–Kier alpha value is -2.86. The van der Waals surface area contributed by atoms with E-state index in [4.69, 9.17) is 4.74 Å². The normalized spacial score (nSPS) is 13.3. The summed E-state index contributed by atoms with van der Waals surface area (Å²) in [5.74, 6) is 0.546. The molecule has 0 bridgehead atoms. The lowest BCUT2D eigenvalue weighted by Crippen LogP contribution is -2.38. The van der Waals surface area contributed by atoms with Crippen molar-refractivity contribution in [3.63, 3.8) is 0 Å². The lowest BCUT2D eigenvalue weighted by Gasteiger charge is -2.29. The summed E-state index contributed by atoms with van der Waals surface area (Å²) in [5.41, 5.74) is 2.34. The topological polar surface area (TPSA) is 61.9 Å². The average Bonchev–Trinajstić information content (AvgIpc) is 2.64. The van der Waals surface area contributed by atoms with Crippen LogP contribution >= 0.6 is 0 Å². The van der Waals surface area contributed by atoms with Gasteiger partial charge in [-0.2, -0.15) is 0 Å². The summed E-state index contributed by atoms with van der Waals surface area (Å²) in [6, 6.07) is 14.8. The van der Waals surface area contributed by atoms with Gasteiger partial charge in [0.15, 0.2) is 6.61 Å². The fraction of sp³-hybridized carbons (Fsp3) is 0.300. The molecule has 0 saturated heterocycles. The van der Waals surface area contributed by atoms with Gasteiger partial charge in [0, 0.05) is 18.7 Å². The van der Waals surface area contributed by atoms with Crippen molar-refractivity contribution in [2.45, 2.75) is 6.54 Å². The number of benzene rings is 2. The van der Waals surface area contributed by atoms with E-state index in [-0.39, 0.29) is 18.4 Å². The molecule has 0 unspecified atom stereocenters. The monoisotopic (exact) mass is 353 g/mol. The zero-order chi connectivity index (χ0) is 18.5. The maximum absolute atomic E-state index is 12.2. The fourth-order valence-electron chi connectivity index (χ4n) is 2.77. The van der Waals surface area contributed by atoms with Crippen LogP contribution in [0.2, 0.25) is 0 Å². The summed E-state index contributed by atoms with van der Waals surface area (Å²) >= 11 is 0. The minimum Gasteiger partial charge on any atom is -0.482 e. The van der Waals surface area contributed by atoms with Crippen LogP contribution in [0.3, 0.4) is 0 Å². The Kier molecular flexibility index (Phi) is 5.53. The number of carbonyl (C=O) groups is 2. The minimum atomic E-state index is -0.0915. The Morgan fingerprint density at radius 2 is 1.88 bits per heavy atom. The third-order valence-corrected chi connectivity index (χ3v) is 4.21. The zero-order valence-corrected chi connectivity index (χ0v) is 15.1. The van der Waals surface area contributed by atoms with Gasteiger partial charge in [-0.25, -0.2) is 0 Å². The highest BCUT2D eigenvalue weighted by Gasteiger charge is 2.25. The van der Waals surface area contributed by atoms with Crippen LogP contribution in [-0.2, 0) is 11.3 Å². The molecule has 0 saturated carbocycles. The van der Waals surface area contributed by atoms with Crippen LogP contribution < -0.4 is 15.0 Å². The Balaban J connectivity index is 1.66. The molecule has 2 aromatic rings. The highest BCUT2D eigenvalue weighted by molar-refractivity contribution is 5.98. The summed E-state index contributed by atoms with van der Waals surface area (Å²) in [7, 11) is 3.93. The summed E-state index contributed by atoms with van der Waals surface area (Å²) in [6.07, 6.45) is 0. The van der Waals surface area contributed by atoms with Gasteiger partial charge >= 0.3 is 0 Å². The number of para-hydroxylation sites is 2. The highest BCUT2D eigenvalue weighted by atomic mass is 16.5. The van der Waals surface area contributed by atoms with E-state index in [1.54, 1.807) is 17.0 Å². The van der Waals surface area contributed by atoms with Crippen LogP contribution in [0.15, 0.2) is 48.5 Å². The smallest absolute Gasteiger partial charge is 0.265 e. The van der Waals surface area contributed by atoms with E-state index < -0.39 is 0 Å². The van der Waals surface area contributed by atoms with E-state index >= 15 is 0 Å². The molecule has 3 rings (SSSR count). The molecule has 136 valence electrons. The van der Waals surface area contributed by atoms with Crippen molar-refractivity contribution in [1.29, 1.82) is 0 Å². The maximum atomic E-state index is 12.2. The summed E-state index contributed by atoms with van der Waals surface area (Å²) in [5, 5.41) is 2.89. The van der Waals surface area contributed by atoms with Gasteiger partial charge in [-0.3, -0.25) is 9.59 Å². The number of likely N-dealkylation sites (N-methyl/N-ethyl adjacent to an activating group) is 1. The quantitative estimate of drug-likeness (QED) is 0.862. The maximum Gasteiger partial charge on any atom is 0.265 e. The Labute approximate surface area is 153 Å². The fourth-order valence-corrected chi connectivity index (χ4v) is 2.77. The number of amides is 2. The van der Waals surface area contributed by atoms with Gasteiger partial charge in [0.1, 0.15) is 5.75 Å². The van der Waals surface area contributed by atoms with Crippen molar-refractivity contribution < 1.29 is 14.3 Å². The van der Waals surface area contributed by atoms with Crippen LogP contribution in [0.4, 0.5) is 5.69 Å². The molecule has 6 heteroatoms. The standard InChI is InChI=1S/C20H23N3O3/c1-22(2)12-11-21-20(25)16-9-7-15(8-10-16)13-23-17-5-3-4-6-18(17)26-14-19(23)24/h3-10H,11-14H2,1-2H3,(H,21,25). The molecule has 1 aliphatic heterocycles. The molecule has 26 heavy (non-hydrogen) atoms. The molecule has 0 fully saturated rings. The molecule has 0 radical (unpaired) electrons. The largest absolute Gasteiger partial charge is 0.482 e. The molecular formula is C20H23N3O3. The predicted molar refractivity (Wildman–Crippen MR) is 100 cm³/mol. The SMILES string of the molecule is CN(C)CCNC(=O)c1ccc(CN2C(=O)COc3ccccc32)cc1. The summed E-state index contributed by atoms with van der Waals surface area (Å²) in [4.78, 5) is 28.1. The van der Waals surface area contributed by atoms with Crippen LogP contribution in [0.1, 0.15) is 15.9 Å². The van der Waals surface area contributed by atoms with Crippen LogP contribution in [0.25, 0.3) is 0 Å². The number of fused-ring (bicyclic) bond motifs is 1. The number of hydrogen-bond acceptors (Lipinski definition) is 4. The van der Waals surface area contributed by atoms with Crippen LogP contribution in [0.5, 0.6) is 5.75 Å². The second-order valence-electron chi connectivity index (χ2n) is 6.49. The Morgan fingerprint density at radius 1 is 1.15 bits per heavy atom. The highest BCUT2D eigenvalue weighted by Crippen LogP contribution is 2.32. The number of carbonyl (C=O) groups excluding carboxylic acids is 2. The molecule has 6 nitrogen and oxygen atoms in total. The number of ether oxygens (including phenoxy) is 1. The van der Waals surface area contributed by atoms with E-state index in [1.807, 2.05) is 55.4 Å². The lowest BCUT2D eigenvalue weighted by atomic mass is 10.1. The number of anilines is 1. The Bertz CT molecular complexity index is 787. The predicted octanol–water partition coefficient (Wildman–Crippen LogP) is 1.90. The van der Waals surface area contributed by atoms with E-state index in [2.05, 4.69) is 5.32 Å². The number of nitrogens with one attached hydrogen (secondary N) is 1.